The van der Waals surface area contributed by atoms with E-state index >= 15 is 0 Å². The number of carbonyl (C=O) groups is 3. The number of aliphatic carboxylic acids is 1. The first-order valence-electron chi connectivity index (χ1n) is 5.76. The summed E-state index contributed by atoms with van der Waals surface area (Å²) < 4.78 is 4.42. The van der Waals surface area contributed by atoms with Crippen LogP contribution in [0.25, 0.3) is 0 Å². The van der Waals surface area contributed by atoms with Crippen LogP contribution in [0.5, 0.6) is 0 Å². The monoisotopic (exact) mass is 258 g/mol. The molecule has 0 aromatic rings. The van der Waals surface area contributed by atoms with Gasteiger partial charge in [0.05, 0.1) is 12.5 Å². The van der Waals surface area contributed by atoms with Crippen molar-refractivity contribution in [1.82, 2.24) is 5.32 Å². The fourth-order valence-corrected chi connectivity index (χ4v) is 1.61. The molecule has 1 saturated carbocycles. The molecule has 1 aliphatic carbocycles. The molecule has 1 atom stereocenters. The SMILES string of the molecule is COC(=O)CC[C@H](NC(=O)C1(CN)CC1)C(=O)O. The Morgan fingerprint density at radius 1 is 1.44 bits per heavy atom. The first-order chi connectivity index (χ1) is 8.45. The Labute approximate surface area is 105 Å². The molecule has 1 amide bonds. The molecule has 0 aromatic carbocycles. The summed E-state index contributed by atoms with van der Waals surface area (Å²) in [7, 11) is 1.23. The maximum absolute atomic E-state index is 11.8. The molecule has 0 aliphatic heterocycles. The minimum Gasteiger partial charge on any atom is -0.480 e. The van der Waals surface area contributed by atoms with Gasteiger partial charge >= 0.3 is 11.9 Å². The number of hydrogen-bond donors (Lipinski definition) is 3. The van der Waals surface area contributed by atoms with Crippen LogP contribution in [0, 0.1) is 5.41 Å². The fourth-order valence-electron chi connectivity index (χ4n) is 1.61. The van der Waals surface area contributed by atoms with Crippen LogP contribution in [0.1, 0.15) is 25.7 Å². The van der Waals surface area contributed by atoms with Gasteiger partial charge in [0.1, 0.15) is 6.04 Å². The summed E-state index contributed by atoms with van der Waals surface area (Å²) in [4.78, 5) is 33.7. The van der Waals surface area contributed by atoms with Crippen molar-refractivity contribution in [3.63, 3.8) is 0 Å². The van der Waals surface area contributed by atoms with E-state index in [1.165, 1.54) is 7.11 Å². The zero-order chi connectivity index (χ0) is 13.8. The highest BCUT2D eigenvalue weighted by molar-refractivity contribution is 5.89. The Bertz CT molecular complexity index is 351. The highest BCUT2D eigenvalue weighted by Crippen LogP contribution is 2.44. The highest BCUT2D eigenvalue weighted by atomic mass is 16.5. The third-order valence-corrected chi connectivity index (χ3v) is 3.19. The van der Waals surface area contributed by atoms with E-state index in [2.05, 4.69) is 10.1 Å². The van der Waals surface area contributed by atoms with Crippen LogP contribution in [-0.4, -0.2) is 42.6 Å². The van der Waals surface area contributed by atoms with Crippen molar-refractivity contribution in [3.05, 3.63) is 0 Å². The minimum absolute atomic E-state index is 0.00833. The second-order valence-corrected chi connectivity index (χ2v) is 4.46. The molecular formula is C11H18N2O5. The molecule has 18 heavy (non-hydrogen) atoms. The summed E-state index contributed by atoms with van der Waals surface area (Å²) in [6, 6.07) is -1.08. The van der Waals surface area contributed by atoms with Crippen molar-refractivity contribution < 1.29 is 24.2 Å². The van der Waals surface area contributed by atoms with Crippen LogP contribution >= 0.6 is 0 Å². The van der Waals surface area contributed by atoms with Gasteiger partial charge in [-0.15, -0.1) is 0 Å². The first-order valence-corrected chi connectivity index (χ1v) is 5.76. The lowest BCUT2D eigenvalue weighted by Gasteiger charge is -2.18. The van der Waals surface area contributed by atoms with Crippen LogP contribution in [0.2, 0.25) is 0 Å². The number of carboxylic acids is 1. The van der Waals surface area contributed by atoms with Crippen LogP contribution < -0.4 is 11.1 Å². The van der Waals surface area contributed by atoms with Crippen LogP contribution in [0.15, 0.2) is 0 Å². The number of esters is 1. The lowest BCUT2D eigenvalue weighted by Crippen LogP contribution is -2.46. The molecule has 0 unspecified atom stereocenters. The number of carboxylic acid groups (broad SMARTS) is 1. The summed E-state index contributed by atoms with van der Waals surface area (Å²) in [5, 5.41) is 11.4. The van der Waals surface area contributed by atoms with Crippen molar-refractivity contribution >= 4 is 17.8 Å². The number of hydrogen-bond acceptors (Lipinski definition) is 5. The predicted octanol–water partition coefficient (Wildman–Crippen LogP) is -0.752. The van der Waals surface area contributed by atoms with Crippen molar-refractivity contribution in [3.8, 4) is 0 Å². The zero-order valence-corrected chi connectivity index (χ0v) is 10.3. The van der Waals surface area contributed by atoms with Gasteiger partial charge in [0.25, 0.3) is 0 Å². The van der Waals surface area contributed by atoms with E-state index in [-0.39, 0.29) is 25.3 Å². The molecule has 0 saturated heterocycles. The van der Waals surface area contributed by atoms with Crippen LogP contribution in [0.3, 0.4) is 0 Å². The van der Waals surface area contributed by atoms with Crippen molar-refractivity contribution in [2.45, 2.75) is 31.7 Å². The minimum atomic E-state index is -1.17. The van der Waals surface area contributed by atoms with Crippen molar-refractivity contribution in [1.29, 1.82) is 0 Å². The Hall–Kier alpha value is -1.63. The third-order valence-electron chi connectivity index (χ3n) is 3.19. The maximum atomic E-state index is 11.8. The molecule has 7 heteroatoms. The van der Waals surface area contributed by atoms with Crippen LogP contribution in [-0.2, 0) is 19.1 Å². The van der Waals surface area contributed by atoms with E-state index in [0.29, 0.717) is 12.8 Å². The average Bonchev–Trinajstić information content (AvgIpc) is 3.14. The van der Waals surface area contributed by atoms with E-state index in [9.17, 15) is 14.4 Å². The quantitative estimate of drug-likeness (QED) is 0.517. The molecule has 0 radical (unpaired) electrons. The largest absolute Gasteiger partial charge is 0.480 e. The van der Waals surface area contributed by atoms with E-state index in [0.717, 1.165) is 0 Å². The zero-order valence-electron chi connectivity index (χ0n) is 10.3. The van der Waals surface area contributed by atoms with Gasteiger partial charge in [-0.05, 0) is 19.3 Å². The standard InChI is InChI=1S/C11H18N2O5/c1-18-8(14)3-2-7(9(15)16)13-10(17)11(6-12)4-5-11/h7H,2-6,12H2,1H3,(H,13,17)(H,15,16)/t7-/m0/s1. The van der Waals surface area contributed by atoms with Gasteiger partial charge < -0.3 is 20.9 Å². The number of methoxy groups -OCH3 is 1. The molecule has 0 bridgehead atoms. The normalized spacial score (nSPS) is 17.7. The van der Waals surface area contributed by atoms with Gasteiger partial charge in [-0.25, -0.2) is 4.79 Å². The average molecular weight is 258 g/mol. The summed E-state index contributed by atoms with van der Waals surface area (Å²) in [6.45, 7) is 0.210. The van der Waals surface area contributed by atoms with Gasteiger partial charge in [0.15, 0.2) is 0 Å². The summed E-state index contributed by atoms with van der Waals surface area (Å²) >= 11 is 0. The van der Waals surface area contributed by atoms with Gasteiger partial charge in [0.2, 0.25) is 5.91 Å². The molecule has 102 valence electrons. The number of nitrogens with one attached hydrogen (secondary N) is 1. The Balaban J connectivity index is 2.50. The summed E-state index contributed by atoms with van der Waals surface area (Å²) in [5.41, 5.74) is 4.88. The second-order valence-electron chi connectivity index (χ2n) is 4.46. The molecule has 0 aromatic heterocycles. The molecule has 1 aliphatic rings. The number of carbonyl (C=O) groups excluding carboxylic acids is 2. The second kappa shape index (κ2) is 5.81. The molecule has 0 spiro atoms. The number of ether oxygens (including phenoxy) is 1. The number of amides is 1. The first kappa shape index (κ1) is 14.4. The lowest BCUT2D eigenvalue weighted by molar-refractivity contribution is -0.144. The summed E-state index contributed by atoms with van der Waals surface area (Å²) in [5.74, 6) is -2.02. The van der Waals surface area contributed by atoms with Gasteiger partial charge in [0, 0.05) is 13.0 Å². The maximum Gasteiger partial charge on any atom is 0.326 e. The van der Waals surface area contributed by atoms with Gasteiger partial charge in [-0.1, -0.05) is 0 Å². The Kier molecular flexibility index (Phi) is 4.66. The highest BCUT2D eigenvalue weighted by Gasteiger charge is 2.49. The molecule has 1 rings (SSSR count). The van der Waals surface area contributed by atoms with Crippen molar-refractivity contribution in [2.75, 3.05) is 13.7 Å². The van der Waals surface area contributed by atoms with Gasteiger partial charge in [-0.2, -0.15) is 0 Å². The summed E-state index contributed by atoms with van der Waals surface area (Å²) in [6.07, 6.45) is 1.31. The van der Waals surface area contributed by atoms with Gasteiger partial charge in [-0.3, -0.25) is 9.59 Å². The van der Waals surface area contributed by atoms with E-state index in [1.54, 1.807) is 0 Å². The topological polar surface area (TPSA) is 119 Å². The predicted molar refractivity (Wildman–Crippen MR) is 61.5 cm³/mol. The fraction of sp³-hybridized carbons (Fsp3) is 0.727. The molecule has 4 N–H and O–H groups in total. The third kappa shape index (κ3) is 3.43. The molecule has 1 fully saturated rings. The van der Waals surface area contributed by atoms with E-state index < -0.39 is 23.4 Å². The Morgan fingerprint density at radius 2 is 2.06 bits per heavy atom. The number of nitrogens with two attached hydrogens (primary N) is 1. The molecular weight excluding hydrogens is 240 g/mol. The molecule has 7 nitrogen and oxygen atoms in total. The molecule has 0 heterocycles. The van der Waals surface area contributed by atoms with E-state index in [4.69, 9.17) is 10.8 Å². The van der Waals surface area contributed by atoms with E-state index in [1.807, 2.05) is 0 Å². The Morgan fingerprint density at radius 3 is 2.44 bits per heavy atom. The van der Waals surface area contributed by atoms with Crippen molar-refractivity contribution in [2.24, 2.45) is 11.1 Å². The number of rotatable bonds is 7. The lowest BCUT2D eigenvalue weighted by atomic mass is 10.0. The van der Waals surface area contributed by atoms with Crippen LogP contribution in [0.4, 0.5) is 0 Å². The smallest absolute Gasteiger partial charge is 0.326 e.